The van der Waals surface area contributed by atoms with Gasteiger partial charge >= 0.3 is 12.3 Å². The van der Waals surface area contributed by atoms with Crippen LogP contribution < -0.4 is 5.32 Å². The number of amides is 2. The number of rotatable bonds is 4. The highest BCUT2D eigenvalue weighted by atomic mass is 79.9. The first-order valence-corrected chi connectivity index (χ1v) is 8.97. The van der Waals surface area contributed by atoms with E-state index in [1.165, 1.54) is 31.3 Å². The first-order valence-electron chi connectivity index (χ1n) is 8.18. The molecule has 1 atom stereocenters. The summed E-state index contributed by atoms with van der Waals surface area (Å²) in [6, 6.07) is 3.44. The minimum Gasteiger partial charge on any atom is -0.465 e. The Kier molecular flexibility index (Phi) is 6.54. The van der Waals surface area contributed by atoms with Crippen LogP contribution in [-0.4, -0.2) is 41.3 Å². The Bertz CT molecular complexity index is 644. The van der Waals surface area contributed by atoms with E-state index >= 15 is 0 Å². The molecule has 1 fully saturated rings. The number of alkyl halides is 3. The molecular formula is C17H20BrF3N2O3. The molecule has 0 radical (unpaired) electrons. The van der Waals surface area contributed by atoms with Crippen molar-refractivity contribution in [1.29, 1.82) is 0 Å². The molecule has 2 amide bonds. The maximum Gasteiger partial charge on any atom is 0.413 e. The zero-order valence-corrected chi connectivity index (χ0v) is 15.7. The Morgan fingerprint density at radius 3 is 2.19 bits per heavy atom. The third-order valence-electron chi connectivity index (χ3n) is 4.63. The molecule has 0 aromatic heterocycles. The summed E-state index contributed by atoms with van der Waals surface area (Å²) in [6.45, 7) is 0. The first-order chi connectivity index (χ1) is 12.1. The molecule has 0 unspecified atom stereocenters. The van der Waals surface area contributed by atoms with Crippen LogP contribution in [-0.2, 0) is 4.79 Å². The molecule has 144 valence electrons. The quantitative estimate of drug-likeness (QED) is 0.737. The summed E-state index contributed by atoms with van der Waals surface area (Å²) in [7, 11) is 1.17. The largest absolute Gasteiger partial charge is 0.465 e. The molecule has 5 nitrogen and oxygen atoms in total. The highest BCUT2D eigenvalue weighted by Gasteiger charge is 2.46. The topological polar surface area (TPSA) is 69.6 Å². The van der Waals surface area contributed by atoms with Gasteiger partial charge < -0.3 is 15.3 Å². The Balaban J connectivity index is 2.11. The number of carbonyl (C=O) groups excluding carboxylic acids is 1. The summed E-state index contributed by atoms with van der Waals surface area (Å²) in [6.07, 6.45) is -4.14. The molecule has 9 heteroatoms. The molecule has 0 aliphatic heterocycles. The lowest BCUT2D eigenvalue weighted by molar-refractivity contribution is -0.191. The molecule has 0 saturated heterocycles. The fourth-order valence-electron chi connectivity index (χ4n) is 3.35. The highest BCUT2D eigenvalue weighted by molar-refractivity contribution is 9.10. The summed E-state index contributed by atoms with van der Waals surface area (Å²) in [5, 5.41) is 11.1. The number of hydrogen-bond donors (Lipinski definition) is 2. The summed E-state index contributed by atoms with van der Waals surface area (Å²) in [5.41, 5.74) is -0.00206. The summed E-state index contributed by atoms with van der Waals surface area (Å²) in [4.78, 5) is 24.1. The van der Waals surface area contributed by atoms with E-state index in [0.717, 1.165) is 4.90 Å². The van der Waals surface area contributed by atoms with Gasteiger partial charge in [-0.1, -0.05) is 28.1 Å². The molecule has 26 heavy (non-hydrogen) atoms. The average Bonchev–Trinajstić information content (AvgIpc) is 2.55. The van der Waals surface area contributed by atoms with Gasteiger partial charge in [-0.15, -0.1) is 0 Å². The normalized spacial score (nSPS) is 21.7. The van der Waals surface area contributed by atoms with Crippen molar-refractivity contribution in [3.05, 3.63) is 34.3 Å². The number of carboxylic acid groups (broad SMARTS) is 1. The van der Waals surface area contributed by atoms with Crippen LogP contribution in [0.5, 0.6) is 0 Å². The summed E-state index contributed by atoms with van der Waals surface area (Å²) >= 11 is 3.19. The summed E-state index contributed by atoms with van der Waals surface area (Å²) in [5.74, 6) is -1.10. The van der Waals surface area contributed by atoms with Gasteiger partial charge in [0.2, 0.25) is 5.91 Å². The second-order valence-electron chi connectivity index (χ2n) is 6.44. The molecule has 2 N–H and O–H groups in total. The standard InChI is InChI=1S/C17H20BrF3N2O3/c1-23(14(17(19,20)21)10-2-6-12(18)7-3-10)15(24)11-4-8-13(9-5-11)22-16(25)26/h2-3,6-7,11,13-14,22H,4-5,8-9H2,1H3,(H,25,26)/t11?,13?,14-/m0/s1. The van der Waals surface area contributed by atoms with Crippen LogP contribution in [0.25, 0.3) is 0 Å². The average molecular weight is 437 g/mol. The maximum atomic E-state index is 13.6. The SMILES string of the molecule is CN(C(=O)C1CCC(NC(=O)O)CC1)[C@@H](c1ccc(Br)cc1)C(F)(F)F. The minimum atomic E-state index is -4.60. The lowest BCUT2D eigenvalue weighted by Crippen LogP contribution is -2.45. The van der Waals surface area contributed by atoms with Gasteiger partial charge in [-0.3, -0.25) is 4.79 Å². The van der Waals surface area contributed by atoms with Gasteiger partial charge in [0.15, 0.2) is 6.04 Å². The van der Waals surface area contributed by atoms with Gasteiger partial charge in [0.25, 0.3) is 0 Å². The molecule has 1 aromatic rings. The van der Waals surface area contributed by atoms with Crippen molar-refractivity contribution in [3.63, 3.8) is 0 Å². The second-order valence-corrected chi connectivity index (χ2v) is 7.36. The van der Waals surface area contributed by atoms with Crippen molar-refractivity contribution in [2.75, 3.05) is 7.05 Å². The van der Waals surface area contributed by atoms with Gasteiger partial charge in [0.05, 0.1) is 0 Å². The van der Waals surface area contributed by atoms with Crippen molar-refractivity contribution >= 4 is 27.9 Å². The third-order valence-corrected chi connectivity index (χ3v) is 5.16. The lowest BCUT2D eigenvalue weighted by Gasteiger charge is -2.35. The van der Waals surface area contributed by atoms with Crippen molar-refractivity contribution in [2.45, 2.75) is 43.9 Å². The van der Waals surface area contributed by atoms with E-state index in [1.807, 2.05) is 0 Å². The minimum absolute atomic E-state index is 0.00206. The first kappa shape index (κ1) is 20.5. The third kappa shape index (κ3) is 5.12. The van der Waals surface area contributed by atoms with Gasteiger partial charge in [-0.25, -0.2) is 4.79 Å². The van der Waals surface area contributed by atoms with E-state index in [2.05, 4.69) is 21.2 Å². The Morgan fingerprint density at radius 1 is 1.19 bits per heavy atom. The van der Waals surface area contributed by atoms with Gasteiger partial charge in [-0.2, -0.15) is 13.2 Å². The van der Waals surface area contributed by atoms with Crippen LogP contribution >= 0.6 is 15.9 Å². The predicted octanol–water partition coefficient (Wildman–Crippen LogP) is 4.34. The Labute approximate surface area is 157 Å². The van der Waals surface area contributed by atoms with Gasteiger partial charge in [0, 0.05) is 23.5 Å². The molecule has 0 bridgehead atoms. The van der Waals surface area contributed by atoms with E-state index < -0.39 is 30.1 Å². The molecule has 1 aliphatic rings. The van der Waals surface area contributed by atoms with Crippen LogP contribution in [0.4, 0.5) is 18.0 Å². The van der Waals surface area contributed by atoms with Crippen LogP contribution in [0.3, 0.4) is 0 Å². The molecule has 1 aliphatic carbocycles. The van der Waals surface area contributed by atoms with E-state index in [0.29, 0.717) is 30.2 Å². The van der Waals surface area contributed by atoms with Crippen molar-refractivity contribution in [3.8, 4) is 0 Å². The molecule has 0 heterocycles. The molecule has 2 rings (SSSR count). The molecular weight excluding hydrogens is 417 g/mol. The zero-order chi connectivity index (χ0) is 19.5. The maximum absolute atomic E-state index is 13.6. The van der Waals surface area contributed by atoms with E-state index in [4.69, 9.17) is 5.11 Å². The fraction of sp³-hybridized carbons (Fsp3) is 0.529. The van der Waals surface area contributed by atoms with Gasteiger partial charge in [0.1, 0.15) is 0 Å². The Hall–Kier alpha value is -1.77. The fourth-order valence-corrected chi connectivity index (χ4v) is 3.62. The van der Waals surface area contributed by atoms with E-state index in [-0.39, 0.29) is 11.6 Å². The van der Waals surface area contributed by atoms with E-state index in [1.54, 1.807) is 0 Å². The number of benzene rings is 1. The van der Waals surface area contributed by atoms with Crippen LogP contribution in [0.15, 0.2) is 28.7 Å². The van der Waals surface area contributed by atoms with Crippen LogP contribution in [0, 0.1) is 5.92 Å². The zero-order valence-electron chi connectivity index (χ0n) is 14.1. The lowest BCUT2D eigenvalue weighted by atomic mass is 9.85. The number of carbonyl (C=O) groups is 2. The van der Waals surface area contributed by atoms with Crippen LogP contribution in [0.2, 0.25) is 0 Å². The second kappa shape index (κ2) is 8.28. The monoisotopic (exact) mass is 436 g/mol. The number of nitrogens with zero attached hydrogens (tertiary/aromatic N) is 1. The highest BCUT2D eigenvalue weighted by Crippen LogP contribution is 2.39. The van der Waals surface area contributed by atoms with Crippen molar-refractivity contribution < 1.29 is 27.9 Å². The van der Waals surface area contributed by atoms with E-state index in [9.17, 15) is 22.8 Å². The smallest absolute Gasteiger partial charge is 0.413 e. The van der Waals surface area contributed by atoms with Crippen LogP contribution in [0.1, 0.15) is 37.3 Å². The molecule has 1 saturated carbocycles. The van der Waals surface area contributed by atoms with Crippen molar-refractivity contribution in [1.82, 2.24) is 10.2 Å². The molecule has 1 aromatic carbocycles. The summed E-state index contributed by atoms with van der Waals surface area (Å²) < 4.78 is 41.5. The number of hydrogen-bond acceptors (Lipinski definition) is 2. The predicted molar refractivity (Wildman–Crippen MR) is 92.6 cm³/mol. The molecule has 0 spiro atoms. The Morgan fingerprint density at radius 2 is 1.73 bits per heavy atom. The van der Waals surface area contributed by atoms with Gasteiger partial charge in [-0.05, 0) is 43.4 Å². The number of nitrogens with one attached hydrogen (secondary N) is 1. The van der Waals surface area contributed by atoms with Crippen molar-refractivity contribution in [2.24, 2.45) is 5.92 Å². The number of halogens is 4.